The standard InChI is InChI=1S/C26H31N3O4/c1-6-7-15-32-21-13-11-19(16-22(21)31-5)12-14-23(30)27-24-18(4)9-8-10-20(24)26-28-25(17(2)3)29-33-26/h8-14,16-17H,6-7,15H2,1-5H3,(H,27,30)/b14-12+. The molecule has 0 aliphatic carbocycles. The van der Waals surface area contributed by atoms with Gasteiger partial charge in [0.15, 0.2) is 17.3 Å². The number of aryl methyl sites for hydroxylation is 1. The zero-order chi connectivity index (χ0) is 23.8. The van der Waals surface area contributed by atoms with Gasteiger partial charge in [0.2, 0.25) is 5.91 Å². The number of nitrogens with one attached hydrogen (secondary N) is 1. The van der Waals surface area contributed by atoms with Crippen LogP contribution in [0.5, 0.6) is 11.5 Å². The molecule has 0 unspecified atom stereocenters. The van der Waals surface area contributed by atoms with Gasteiger partial charge in [-0.3, -0.25) is 4.79 Å². The number of hydrogen-bond donors (Lipinski definition) is 1. The Balaban J connectivity index is 1.76. The van der Waals surface area contributed by atoms with Crippen molar-refractivity contribution in [3.05, 3.63) is 59.4 Å². The van der Waals surface area contributed by atoms with Gasteiger partial charge < -0.3 is 19.3 Å². The zero-order valence-corrected chi connectivity index (χ0v) is 19.8. The fourth-order valence-corrected chi connectivity index (χ4v) is 3.16. The molecule has 0 atom stereocenters. The Morgan fingerprint density at radius 1 is 1.21 bits per heavy atom. The van der Waals surface area contributed by atoms with Crippen LogP contribution in [0, 0.1) is 6.92 Å². The number of para-hydroxylation sites is 1. The highest BCUT2D eigenvalue weighted by Crippen LogP contribution is 2.31. The molecule has 3 rings (SSSR count). The van der Waals surface area contributed by atoms with Crippen molar-refractivity contribution in [1.29, 1.82) is 0 Å². The van der Waals surface area contributed by atoms with Crippen molar-refractivity contribution < 1.29 is 18.8 Å². The molecule has 0 bridgehead atoms. The van der Waals surface area contributed by atoms with Gasteiger partial charge in [-0.25, -0.2) is 0 Å². The van der Waals surface area contributed by atoms with Crippen molar-refractivity contribution >= 4 is 17.7 Å². The second kappa shape index (κ2) is 11.3. The number of benzene rings is 2. The van der Waals surface area contributed by atoms with Crippen LogP contribution in [0.4, 0.5) is 5.69 Å². The Morgan fingerprint density at radius 2 is 2.03 bits per heavy atom. The van der Waals surface area contributed by atoms with E-state index < -0.39 is 0 Å². The van der Waals surface area contributed by atoms with Crippen molar-refractivity contribution in [1.82, 2.24) is 10.1 Å². The Bertz CT molecular complexity index is 1120. The lowest BCUT2D eigenvalue weighted by molar-refractivity contribution is -0.111. The molecule has 1 aromatic heterocycles. The highest BCUT2D eigenvalue weighted by molar-refractivity contribution is 6.04. The molecule has 0 aliphatic rings. The number of hydrogen-bond acceptors (Lipinski definition) is 6. The highest BCUT2D eigenvalue weighted by atomic mass is 16.5. The van der Waals surface area contributed by atoms with Crippen LogP contribution < -0.4 is 14.8 Å². The zero-order valence-electron chi connectivity index (χ0n) is 19.8. The number of carbonyl (C=O) groups excluding carboxylic acids is 1. The summed E-state index contributed by atoms with van der Waals surface area (Å²) in [7, 11) is 1.60. The van der Waals surface area contributed by atoms with Gasteiger partial charge in [0, 0.05) is 12.0 Å². The molecular weight excluding hydrogens is 418 g/mol. The number of ether oxygens (including phenoxy) is 2. The van der Waals surface area contributed by atoms with Crippen molar-refractivity contribution in [2.45, 2.75) is 46.5 Å². The summed E-state index contributed by atoms with van der Waals surface area (Å²) in [6.45, 7) is 8.67. The first kappa shape index (κ1) is 24.0. The monoisotopic (exact) mass is 449 g/mol. The summed E-state index contributed by atoms with van der Waals surface area (Å²) < 4.78 is 16.6. The van der Waals surface area contributed by atoms with Gasteiger partial charge in [-0.05, 0) is 48.7 Å². The fraction of sp³-hybridized carbons (Fsp3) is 0.346. The first-order valence-corrected chi connectivity index (χ1v) is 11.2. The number of amides is 1. The van der Waals surface area contributed by atoms with Gasteiger partial charge in [-0.2, -0.15) is 4.98 Å². The molecule has 1 heterocycles. The van der Waals surface area contributed by atoms with Crippen LogP contribution in [0.15, 0.2) is 47.0 Å². The molecule has 7 nitrogen and oxygen atoms in total. The van der Waals surface area contributed by atoms with E-state index in [9.17, 15) is 4.79 Å². The maximum absolute atomic E-state index is 12.7. The fourth-order valence-electron chi connectivity index (χ4n) is 3.16. The number of nitrogens with zero attached hydrogens (tertiary/aromatic N) is 2. The van der Waals surface area contributed by atoms with Crippen LogP contribution in [0.1, 0.15) is 56.5 Å². The molecule has 33 heavy (non-hydrogen) atoms. The molecular formula is C26H31N3O4. The number of methoxy groups -OCH3 is 1. The van der Waals surface area contributed by atoms with Gasteiger partial charge in [0.1, 0.15) is 0 Å². The van der Waals surface area contributed by atoms with Gasteiger partial charge in [0.05, 0.1) is 25.0 Å². The van der Waals surface area contributed by atoms with Crippen LogP contribution in [0.2, 0.25) is 0 Å². The van der Waals surface area contributed by atoms with Gasteiger partial charge in [0.25, 0.3) is 5.89 Å². The third-order valence-electron chi connectivity index (χ3n) is 5.08. The molecule has 174 valence electrons. The lowest BCUT2D eigenvalue weighted by atomic mass is 10.1. The van der Waals surface area contributed by atoms with E-state index in [-0.39, 0.29) is 11.8 Å². The smallest absolute Gasteiger partial charge is 0.260 e. The molecule has 3 aromatic rings. The Hall–Kier alpha value is -3.61. The summed E-state index contributed by atoms with van der Waals surface area (Å²) in [5.74, 6) is 2.21. The molecule has 0 aliphatic heterocycles. The number of anilines is 1. The maximum atomic E-state index is 12.7. The summed E-state index contributed by atoms with van der Waals surface area (Å²) in [6, 6.07) is 11.3. The van der Waals surface area contributed by atoms with Gasteiger partial charge >= 0.3 is 0 Å². The van der Waals surface area contributed by atoms with E-state index in [2.05, 4.69) is 22.4 Å². The third kappa shape index (κ3) is 6.22. The van der Waals surface area contributed by atoms with Gasteiger partial charge in [-0.15, -0.1) is 0 Å². The minimum absolute atomic E-state index is 0.147. The predicted octanol–water partition coefficient (Wildman–Crippen LogP) is 6.01. The third-order valence-corrected chi connectivity index (χ3v) is 5.08. The van der Waals surface area contributed by atoms with Crippen LogP contribution in [0.3, 0.4) is 0 Å². The molecule has 0 spiro atoms. The summed E-state index contributed by atoms with van der Waals surface area (Å²) >= 11 is 0. The molecule has 0 fully saturated rings. The summed E-state index contributed by atoms with van der Waals surface area (Å²) in [5, 5.41) is 6.98. The average molecular weight is 450 g/mol. The molecule has 1 amide bonds. The summed E-state index contributed by atoms with van der Waals surface area (Å²) in [5.41, 5.74) is 3.05. The van der Waals surface area contributed by atoms with E-state index in [4.69, 9.17) is 14.0 Å². The largest absolute Gasteiger partial charge is 0.493 e. The first-order chi connectivity index (χ1) is 15.9. The molecule has 2 aromatic carbocycles. The normalized spacial score (nSPS) is 11.2. The lowest BCUT2D eigenvalue weighted by Gasteiger charge is -2.11. The number of rotatable bonds is 10. The van der Waals surface area contributed by atoms with E-state index in [0.29, 0.717) is 41.1 Å². The van der Waals surface area contributed by atoms with Crippen LogP contribution in [-0.2, 0) is 4.79 Å². The van der Waals surface area contributed by atoms with Crippen molar-refractivity contribution in [3.63, 3.8) is 0 Å². The van der Waals surface area contributed by atoms with E-state index in [1.54, 1.807) is 13.2 Å². The number of aromatic nitrogens is 2. The topological polar surface area (TPSA) is 86.5 Å². The number of unbranched alkanes of at least 4 members (excludes halogenated alkanes) is 1. The molecule has 0 saturated heterocycles. The molecule has 1 N–H and O–H groups in total. The number of carbonyl (C=O) groups is 1. The van der Waals surface area contributed by atoms with Crippen LogP contribution in [-0.4, -0.2) is 29.8 Å². The van der Waals surface area contributed by atoms with Crippen LogP contribution in [0.25, 0.3) is 17.5 Å². The van der Waals surface area contributed by atoms with Gasteiger partial charge in [-0.1, -0.05) is 50.5 Å². The predicted molar refractivity (Wildman–Crippen MR) is 130 cm³/mol. The highest BCUT2D eigenvalue weighted by Gasteiger charge is 2.17. The Labute approximate surface area is 194 Å². The molecule has 0 saturated carbocycles. The first-order valence-electron chi connectivity index (χ1n) is 11.2. The minimum atomic E-state index is -0.267. The van der Waals surface area contributed by atoms with Crippen molar-refractivity contribution in [3.8, 4) is 23.0 Å². The molecule has 7 heteroatoms. The average Bonchev–Trinajstić information content (AvgIpc) is 3.30. The van der Waals surface area contributed by atoms with E-state index in [1.807, 2.05) is 57.2 Å². The van der Waals surface area contributed by atoms with E-state index in [1.165, 1.54) is 6.08 Å². The quantitative estimate of drug-likeness (QED) is 0.301. The summed E-state index contributed by atoms with van der Waals surface area (Å²) in [4.78, 5) is 17.2. The lowest BCUT2D eigenvalue weighted by Crippen LogP contribution is -2.10. The van der Waals surface area contributed by atoms with E-state index >= 15 is 0 Å². The second-order valence-corrected chi connectivity index (χ2v) is 8.04. The summed E-state index contributed by atoms with van der Waals surface area (Å²) in [6.07, 6.45) is 5.26. The second-order valence-electron chi connectivity index (χ2n) is 8.04. The van der Waals surface area contributed by atoms with Crippen molar-refractivity contribution in [2.75, 3.05) is 19.0 Å². The van der Waals surface area contributed by atoms with E-state index in [0.717, 1.165) is 24.0 Å². The minimum Gasteiger partial charge on any atom is -0.493 e. The molecule has 0 radical (unpaired) electrons. The maximum Gasteiger partial charge on any atom is 0.260 e. The van der Waals surface area contributed by atoms with Crippen molar-refractivity contribution in [2.24, 2.45) is 0 Å². The SMILES string of the molecule is CCCCOc1ccc(/C=C/C(=O)Nc2c(C)cccc2-c2nc(C(C)C)no2)cc1OC. The Morgan fingerprint density at radius 3 is 2.73 bits per heavy atom. The Kier molecular flexibility index (Phi) is 8.24. The van der Waals surface area contributed by atoms with Crippen LogP contribution >= 0.6 is 0 Å².